The van der Waals surface area contributed by atoms with Crippen LogP contribution < -0.4 is 0 Å². The molecule has 0 bridgehead atoms. The van der Waals surface area contributed by atoms with Crippen molar-refractivity contribution in [1.82, 2.24) is 0 Å². The highest BCUT2D eigenvalue weighted by molar-refractivity contribution is 5.01. The highest BCUT2D eigenvalue weighted by Crippen LogP contribution is 2.40. The minimum Gasteiger partial charge on any atom is -0.0999 e. The first kappa shape index (κ1) is 9.83. The van der Waals surface area contributed by atoms with E-state index >= 15 is 0 Å². The number of hydrogen-bond donors (Lipinski definition) is 0. The van der Waals surface area contributed by atoms with Crippen molar-refractivity contribution in [1.29, 1.82) is 0 Å². The summed E-state index contributed by atoms with van der Waals surface area (Å²) >= 11 is 0. The minimum absolute atomic E-state index is 0.788. The van der Waals surface area contributed by atoms with Crippen LogP contribution in [0.3, 0.4) is 0 Å². The molecule has 0 aromatic carbocycles. The Kier molecular flexibility index (Phi) is 2.98. The Morgan fingerprint density at radius 3 is 2.00 bits per heavy atom. The summed E-state index contributed by atoms with van der Waals surface area (Å²) in [7, 11) is 0. The summed E-state index contributed by atoms with van der Waals surface area (Å²) in [6.07, 6.45) is 2.75. The summed E-state index contributed by atoms with van der Waals surface area (Å²) in [5.41, 5.74) is 1.39. The molecule has 1 aliphatic carbocycles. The van der Waals surface area contributed by atoms with Gasteiger partial charge in [-0.15, -0.1) is 0 Å². The topological polar surface area (TPSA) is 0 Å². The zero-order valence-corrected chi connectivity index (χ0v) is 8.93. The van der Waals surface area contributed by atoms with Crippen molar-refractivity contribution in [3.63, 3.8) is 0 Å². The largest absolute Gasteiger partial charge is 0.0999 e. The van der Waals surface area contributed by atoms with Gasteiger partial charge in [-0.05, 0) is 43.4 Å². The van der Waals surface area contributed by atoms with Crippen molar-refractivity contribution in [2.75, 3.05) is 0 Å². The molecule has 1 rings (SSSR count). The molecule has 0 aliphatic heterocycles. The smallest absolute Gasteiger partial charge is 0.0180 e. The van der Waals surface area contributed by atoms with Crippen LogP contribution >= 0.6 is 0 Å². The fourth-order valence-electron chi connectivity index (χ4n) is 2.54. The third-order valence-corrected chi connectivity index (χ3v) is 3.66. The minimum atomic E-state index is 0.788. The monoisotopic (exact) mass is 166 g/mol. The fourth-order valence-corrected chi connectivity index (χ4v) is 2.54. The van der Waals surface area contributed by atoms with Gasteiger partial charge in [-0.25, -0.2) is 0 Å². The summed E-state index contributed by atoms with van der Waals surface area (Å²) in [5.74, 6) is 3.45. The maximum absolute atomic E-state index is 4.09. The van der Waals surface area contributed by atoms with E-state index in [9.17, 15) is 0 Å². The van der Waals surface area contributed by atoms with E-state index in [1.807, 2.05) is 0 Å². The molecule has 0 N–H and O–H groups in total. The summed E-state index contributed by atoms with van der Waals surface area (Å²) < 4.78 is 0. The molecule has 4 atom stereocenters. The van der Waals surface area contributed by atoms with Crippen LogP contribution in [0.4, 0.5) is 0 Å². The molecule has 0 nitrogen and oxygen atoms in total. The Morgan fingerprint density at radius 1 is 1.00 bits per heavy atom. The van der Waals surface area contributed by atoms with Gasteiger partial charge in [0.25, 0.3) is 0 Å². The van der Waals surface area contributed by atoms with Gasteiger partial charge in [0.05, 0.1) is 0 Å². The molecule has 1 fully saturated rings. The molecule has 0 heteroatoms. The molecule has 4 unspecified atom stereocenters. The Balaban J connectivity index is 2.61. The molecule has 0 heterocycles. The molecule has 0 radical (unpaired) electrons. The first-order valence-electron chi connectivity index (χ1n) is 5.17. The van der Waals surface area contributed by atoms with Gasteiger partial charge in [-0.2, -0.15) is 0 Å². The highest BCUT2D eigenvalue weighted by Gasteiger charge is 2.30. The molecule has 0 aromatic rings. The summed E-state index contributed by atoms with van der Waals surface area (Å²) in [6, 6.07) is 0. The molecule has 0 aromatic heterocycles. The fraction of sp³-hybridized carbons (Fsp3) is 0.833. The standard InChI is InChI=1S/C12H22/c1-8(2)12-7-10(4)9(3)6-11(12)5/h9-12H,1,6-7H2,2-5H3. The van der Waals surface area contributed by atoms with E-state index in [-0.39, 0.29) is 0 Å². The zero-order valence-electron chi connectivity index (χ0n) is 8.93. The van der Waals surface area contributed by atoms with Crippen LogP contribution in [0.15, 0.2) is 12.2 Å². The predicted molar refractivity (Wildman–Crippen MR) is 55.0 cm³/mol. The Labute approximate surface area is 77.1 Å². The summed E-state index contributed by atoms with van der Waals surface area (Å²) in [4.78, 5) is 0. The van der Waals surface area contributed by atoms with Crippen molar-refractivity contribution in [2.24, 2.45) is 23.7 Å². The van der Waals surface area contributed by atoms with Crippen LogP contribution in [-0.2, 0) is 0 Å². The Hall–Kier alpha value is -0.260. The normalized spacial score (nSPS) is 42.7. The van der Waals surface area contributed by atoms with Crippen LogP contribution in [0.5, 0.6) is 0 Å². The van der Waals surface area contributed by atoms with E-state index in [0.29, 0.717) is 0 Å². The molecule has 0 amide bonds. The molecule has 70 valence electrons. The lowest BCUT2D eigenvalue weighted by atomic mass is 9.68. The van der Waals surface area contributed by atoms with Gasteiger partial charge in [0, 0.05) is 0 Å². The predicted octanol–water partition coefficient (Wildman–Crippen LogP) is 3.88. The van der Waals surface area contributed by atoms with Gasteiger partial charge in [0.1, 0.15) is 0 Å². The summed E-state index contributed by atoms with van der Waals surface area (Å²) in [5, 5.41) is 0. The Morgan fingerprint density at radius 2 is 1.50 bits per heavy atom. The van der Waals surface area contributed by atoms with E-state index < -0.39 is 0 Å². The first-order valence-corrected chi connectivity index (χ1v) is 5.17. The second-order valence-corrected chi connectivity index (χ2v) is 4.86. The molecule has 12 heavy (non-hydrogen) atoms. The molecule has 1 aliphatic rings. The van der Waals surface area contributed by atoms with Crippen molar-refractivity contribution in [2.45, 2.75) is 40.5 Å². The van der Waals surface area contributed by atoms with Crippen molar-refractivity contribution in [3.05, 3.63) is 12.2 Å². The van der Waals surface area contributed by atoms with Gasteiger partial charge >= 0.3 is 0 Å². The second kappa shape index (κ2) is 3.64. The lowest BCUT2D eigenvalue weighted by Crippen LogP contribution is -2.28. The number of allylic oxidation sites excluding steroid dienone is 1. The van der Waals surface area contributed by atoms with Gasteiger partial charge < -0.3 is 0 Å². The Bertz CT molecular complexity index is 169. The SMILES string of the molecule is C=C(C)C1CC(C)C(C)CC1C. The van der Waals surface area contributed by atoms with Crippen LogP contribution in [0.25, 0.3) is 0 Å². The van der Waals surface area contributed by atoms with Crippen LogP contribution in [0.2, 0.25) is 0 Å². The molecule has 1 saturated carbocycles. The van der Waals surface area contributed by atoms with Crippen LogP contribution in [0, 0.1) is 23.7 Å². The maximum atomic E-state index is 4.09. The van der Waals surface area contributed by atoms with Crippen molar-refractivity contribution >= 4 is 0 Å². The highest BCUT2D eigenvalue weighted by atomic mass is 14.3. The van der Waals surface area contributed by atoms with Gasteiger partial charge in [0.15, 0.2) is 0 Å². The van der Waals surface area contributed by atoms with Gasteiger partial charge in [-0.1, -0.05) is 32.9 Å². The third-order valence-electron chi connectivity index (χ3n) is 3.66. The second-order valence-electron chi connectivity index (χ2n) is 4.86. The molecule has 0 spiro atoms. The van der Waals surface area contributed by atoms with E-state index in [2.05, 4.69) is 34.3 Å². The lowest BCUT2D eigenvalue weighted by molar-refractivity contribution is 0.167. The van der Waals surface area contributed by atoms with Crippen LogP contribution in [0.1, 0.15) is 40.5 Å². The third kappa shape index (κ3) is 1.91. The maximum Gasteiger partial charge on any atom is -0.0180 e. The van der Waals surface area contributed by atoms with E-state index in [1.54, 1.807) is 0 Å². The number of rotatable bonds is 1. The van der Waals surface area contributed by atoms with E-state index in [1.165, 1.54) is 18.4 Å². The summed E-state index contributed by atoms with van der Waals surface area (Å²) in [6.45, 7) is 13.4. The van der Waals surface area contributed by atoms with Crippen LogP contribution in [-0.4, -0.2) is 0 Å². The molecule has 0 saturated heterocycles. The molecular formula is C12H22. The lowest BCUT2D eigenvalue weighted by Gasteiger charge is -2.37. The van der Waals surface area contributed by atoms with E-state index in [0.717, 1.165) is 23.7 Å². The van der Waals surface area contributed by atoms with Crippen molar-refractivity contribution < 1.29 is 0 Å². The molecular weight excluding hydrogens is 144 g/mol. The quantitative estimate of drug-likeness (QED) is 0.519. The average Bonchev–Trinajstić information content (AvgIpc) is 1.96. The average molecular weight is 166 g/mol. The first-order chi connectivity index (χ1) is 5.52. The van der Waals surface area contributed by atoms with Crippen molar-refractivity contribution in [3.8, 4) is 0 Å². The number of hydrogen-bond acceptors (Lipinski definition) is 0. The van der Waals surface area contributed by atoms with E-state index in [4.69, 9.17) is 0 Å². The van der Waals surface area contributed by atoms with Gasteiger partial charge in [-0.3, -0.25) is 0 Å². The zero-order chi connectivity index (χ0) is 9.30. The van der Waals surface area contributed by atoms with Gasteiger partial charge in [0.2, 0.25) is 0 Å².